The monoisotopic (exact) mass is 387 g/mol. The van der Waals surface area contributed by atoms with Gasteiger partial charge in [-0.05, 0) is 35.1 Å². The van der Waals surface area contributed by atoms with Crippen molar-refractivity contribution in [2.24, 2.45) is 0 Å². The van der Waals surface area contributed by atoms with E-state index < -0.39 is 22.0 Å². The maximum Gasteiger partial charge on any atom is 0.347 e. The Labute approximate surface area is 156 Å². The molecule has 0 bridgehead atoms. The standard InChI is InChI=1S/C19H17NO4S2/c1-13(20-26(23,24)17-11-12-25-18(17)19(21)22)14-7-9-16(10-8-14)15-5-3-2-4-6-15/h2-13,20H,1H3,(H,21,22). The average Bonchev–Trinajstić information content (AvgIpc) is 3.13. The van der Waals surface area contributed by atoms with Crippen LogP contribution in [0.2, 0.25) is 0 Å². The highest BCUT2D eigenvalue weighted by Gasteiger charge is 2.25. The van der Waals surface area contributed by atoms with Gasteiger partial charge in [0.2, 0.25) is 10.0 Å². The topological polar surface area (TPSA) is 83.5 Å². The second-order valence-corrected chi connectivity index (χ2v) is 8.35. The van der Waals surface area contributed by atoms with E-state index >= 15 is 0 Å². The fourth-order valence-corrected chi connectivity index (χ4v) is 5.12. The van der Waals surface area contributed by atoms with Gasteiger partial charge in [0, 0.05) is 6.04 Å². The summed E-state index contributed by atoms with van der Waals surface area (Å²) in [4.78, 5) is 10.8. The van der Waals surface area contributed by atoms with Crippen molar-refractivity contribution in [2.45, 2.75) is 17.9 Å². The number of sulfonamides is 1. The lowest BCUT2D eigenvalue weighted by Crippen LogP contribution is -2.27. The van der Waals surface area contributed by atoms with Crippen LogP contribution < -0.4 is 4.72 Å². The Bertz CT molecular complexity index is 1010. The summed E-state index contributed by atoms with van der Waals surface area (Å²) in [6.07, 6.45) is 0. The second kappa shape index (κ2) is 7.41. The molecule has 0 aliphatic carbocycles. The summed E-state index contributed by atoms with van der Waals surface area (Å²) < 4.78 is 27.6. The Morgan fingerprint density at radius 2 is 1.62 bits per heavy atom. The molecule has 0 fully saturated rings. The summed E-state index contributed by atoms with van der Waals surface area (Å²) in [6.45, 7) is 1.72. The van der Waals surface area contributed by atoms with Crippen molar-refractivity contribution in [2.75, 3.05) is 0 Å². The van der Waals surface area contributed by atoms with E-state index in [1.807, 2.05) is 54.6 Å². The van der Waals surface area contributed by atoms with Gasteiger partial charge in [-0.2, -0.15) is 0 Å². The SMILES string of the molecule is CC(NS(=O)(=O)c1ccsc1C(=O)O)c1ccc(-c2ccccc2)cc1. The van der Waals surface area contributed by atoms with Crippen LogP contribution in [0.4, 0.5) is 0 Å². The van der Waals surface area contributed by atoms with Crippen LogP contribution in [-0.2, 0) is 10.0 Å². The van der Waals surface area contributed by atoms with E-state index in [0.717, 1.165) is 28.0 Å². The molecular weight excluding hydrogens is 370 g/mol. The maximum atomic E-state index is 12.5. The van der Waals surface area contributed by atoms with Crippen molar-refractivity contribution in [3.63, 3.8) is 0 Å². The average molecular weight is 387 g/mol. The number of nitrogens with one attached hydrogen (secondary N) is 1. The first kappa shape index (κ1) is 18.3. The van der Waals surface area contributed by atoms with Crippen molar-refractivity contribution < 1.29 is 18.3 Å². The van der Waals surface area contributed by atoms with Crippen molar-refractivity contribution in [3.05, 3.63) is 76.5 Å². The molecule has 0 aliphatic rings. The highest BCUT2D eigenvalue weighted by Crippen LogP contribution is 2.25. The zero-order chi connectivity index (χ0) is 18.7. The second-order valence-electron chi connectivity index (χ2n) is 5.75. The number of benzene rings is 2. The molecule has 26 heavy (non-hydrogen) atoms. The molecule has 3 aromatic rings. The molecule has 0 aliphatic heterocycles. The number of hydrogen-bond acceptors (Lipinski definition) is 4. The molecule has 3 rings (SSSR count). The first-order valence-electron chi connectivity index (χ1n) is 7.87. The number of carbonyl (C=O) groups is 1. The van der Waals surface area contributed by atoms with Gasteiger partial charge in [0.1, 0.15) is 9.77 Å². The molecule has 1 aromatic heterocycles. The summed E-state index contributed by atoms with van der Waals surface area (Å²) in [5, 5.41) is 10.6. The normalized spacial score (nSPS) is 12.7. The van der Waals surface area contributed by atoms with E-state index in [2.05, 4.69) is 4.72 Å². The summed E-state index contributed by atoms with van der Waals surface area (Å²) in [5.41, 5.74) is 2.91. The lowest BCUT2D eigenvalue weighted by molar-refractivity contribution is 0.0698. The molecule has 1 unspecified atom stereocenters. The van der Waals surface area contributed by atoms with Gasteiger partial charge in [0.25, 0.3) is 0 Å². The molecule has 2 aromatic carbocycles. The predicted molar refractivity (Wildman–Crippen MR) is 102 cm³/mol. The number of aromatic carboxylic acids is 1. The Kier molecular flexibility index (Phi) is 5.22. The third-order valence-electron chi connectivity index (χ3n) is 3.96. The van der Waals surface area contributed by atoms with Crippen LogP contribution in [0.1, 0.15) is 28.2 Å². The van der Waals surface area contributed by atoms with Crippen LogP contribution in [0.15, 0.2) is 70.9 Å². The minimum atomic E-state index is -3.92. The van der Waals surface area contributed by atoms with Crippen LogP contribution in [-0.4, -0.2) is 19.5 Å². The molecule has 2 N–H and O–H groups in total. The molecule has 134 valence electrons. The Balaban J connectivity index is 1.80. The van der Waals surface area contributed by atoms with E-state index in [1.165, 1.54) is 11.4 Å². The fourth-order valence-electron chi connectivity index (χ4n) is 2.62. The van der Waals surface area contributed by atoms with Gasteiger partial charge < -0.3 is 5.11 Å². The van der Waals surface area contributed by atoms with Crippen LogP contribution in [0.25, 0.3) is 11.1 Å². The first-order valence-corrected chi connectivity index (χ1v) is 10.2. The minimum absolute atomic E-state index is 0.191. The molecule has 0 saturated carbocycles. The lowest BCUT2D eigenvalue weighted by Gasteiger charge is -2.15. The van der Waals surface area contributed by atoms with Gasteiger partial charge in [-0.3, -0.25) is 0 Å². The van der Waals surface area contributed by atoms with Gasteiger partial charge in [-0.25, -0.2) is 17.9 Å². The van der Waals surface area contributed by atoms with Crippen molar-refractivity contribution in [1.29, 1.82) is 0 Å². The van der Waals surface area contributed by atoms with Gasteiger partial charge in [0.05, 0.1) is 0 Å². The third kappa shape index (κ3) is 3.85. The van der Waals surface area contributed by atoms with Crippen LogP contribution >= 0.6 is 11.3 Å². The molecule has 0 saturated heterocycles. The number of thiophene rings is 1. The van der Waals surface area contributed by atoms with E-state index in [9.17, 15) is 13.2 Å². The molecule has 7 heteroatoms. The zero-order valence-electron chi connectivity index (χ0n) is 13.9. The quantitative estimate of drug-likeness (QED) is 0.665. The summed E-state index contributed by atoms with van der Waals surface area (Å²) in [6, 6.07) is 18.3. The van der Waals surface area contributed by atoms with Crippen molar-refractivity contribution in [3.8, 4) is 11.1 Å². The highest BCUT2D eigenvalue weighted by atomic mass is 32.2. The molecule has 0 radical (unpaired) electrons. The number of rotatable bonds is 6. The van der Waals surface area contributed by atoms with Crippen molar-refractivity contribution in [1.82, 2.24) is 4.72 Å². The van der Waals surface area contributed by atoms with Gasteiger partial charge >= 0.3 is 5.97 Å². The summed E-state index contributed by atoms with van der Waals surface area (Å²) in [5.74, 6) is -1.25. The minimum Gasteiger partial charge on any atom is -0.477 e. The van der Waals surface area contributed by atoms with E-state index in [1.54, 1.807) is 6.92 Å². The first-order chi connectivity index (χ1) is 12.4. The smallest absolute Gasteiger partial charge is 0.347 e. The van der Waals surface area contributed by atoms with Gasteiger partial charge in [-0.1, -0.05) is 54.6 Å². The zero-order valence-corrected chi connectivity index (χ0v) is 15.5. The highest BCUT2D eigenvalue weighted by molar-refractivity contribution is 7.89. The van der Waals surface area contributed by atoms with E-state index in [0.29, 0.717) is 0 Å². The Hall–Kier alpha value is -2.48. The largest absolute Gasteiger partial charge is 0.477 e. The number of carboxylic acids is 1. The third-order valence-corrected chi connectivity index (χ3v) is 6.58. The molecule has 1 heterocycles. The van der Waals surface area contributed by atoms with Gasteiger partial charge in [0.15, 0.2) is 0 Å². The van der Waals surface area contributed by atoms with E-state index in [4.69, 9.17) is 5.11 Å². The molecule has 1 atom stereocenters. The lowest BCUT2D eigenvalue weighted by atomic mass is 10.0. The number of carboxylic acid groups (broad SMARTS) is 1. The summed E-state index contributed by atoms with van der Waals surface area (Å²) >= 11 is 0.888. The van der Waals surface area contributed by atoms with Crippen molar-refractivity contribution >= 4 is 27.3 Å². The van der Waals surface area contributed by atoms with E-state index in [-0.39, 0.29) is 9.77 Å². The maximum absolute atomic E-state index is 12.5. The predicted octanol–water partition coefficient (Wildman–Crippen LogP) is 4.15. The van der Waals surface area contributed by atoms with Gasteiger partial charge in [-0.15, -0.1) is 11.3 Å². The van der Waals surface area contributed by atoms with Crippen LogP contribution in [0.3, 0.4) is 0 Å². The van der Waals surface area contributed by atoms with Crippen LogP contribution in [0.5, 0.6) is 0 Å². The fraction of sp³-hybridized carbons (Fsp3) is 0.105. The summed E-state index contributed by atoms with van der Waals surface area (Å²) in [7, 11) is -3.92. The molecule has 0 amide bonds. The molecule has 5 nitrogen and oxygen atoms in total. The van der Waals surface area contributed by atoms with Crippen LogP contribution in [0, 0.1) is 0 Å². The Morgan fingerprint density at radius 3 is 2.23 bits per heavy atom. The Morgan fingerprint density at radius 1 is 1.00 bits per heavy atom. The molecular formula is C19H17NO4S2. The number of hydrogen-bond donors (Lipinski definition) is 2. The molecule has 0 spiro atoms.